The lowest BCUT2D eigenvalue weighted by molar-refractivity contribution is -0.117. The van der Waals surface area contributed by atoms with Crippen LogP contribution in [0.1, 0.15) is 0 Å². The molecule has 3 amide bonds. The van der Waals surface area contributed by atoms with Crippen LogP contribution in [0.25, 0.3) is 22.3 Å². The Balaban J connectivity index is 1.09. The minimum atomic E-state index is -0.722. The number of rotatable bonds is 7. The van der Waals surface area contributed by atoms with E-state index >= 15 is 0 Å². The topological polar surface area (TPSA) is 140 Å². The maximum Gasteiger partial charge on any atom is 0.324 e. The number of ether oxygens (including phenoxy) is 1. The number of urea groups is 1. The lowest BCUT2D eigenvalue weighted by Gasteiger charge is -2.41. The first kappa shape index (κ1) is 26.2. The summed E-state index contributed by atoms with van der Waals surface area (Å²) in [6.07, 6.45) is 2.77. The molecular weight excluding hydrogens is 529 g/mol. The molecule has 2 aliphatic heterocycles. The smallest absolute Gasteiger partial charge is 0.324 e. The Morgan fingerprint density at radius 1 is 1.05 bits per heavy atom. The fourth-order valence-corrected chi connectivity index (χ4v) is 4.89. The number of benzene rings is 1. The normalized spacial score (nSPS) is 15.3. The highest BCUT2D eigenvalue weighted by molar-refractivity contribution is 5.99. The van der Waals surface area contributed by atoms with Crippen molar-refractivity contribution in [2.75, 3.05) is 59.8 Å². The van der Waals surface area contributed by atoms with Crippen LogP contribution in [-0.2, 0) is 9.53 Å². The molecule has 0 atom stereocenters. The number of nitrogens with one attached hydrogen (secondary N) is 4. The summed E-state index contributed by atoms with van der Waals surface area (Å²) >= 11 is 0. The van der Waals surface area contributed by atoms with Crippen LogP contribution in [0.4, 0.5) is 32.2 Å². The summed E-state index contributed by atoms with van der Waals surface area (Å²) in [7, 11) is 0. The number of aromatic nitrogens is 4. The van der Waals surface area contributed by atoms with E-state index in [1.165, 1.54) is 12.1 Å². The highest BCUT2D eigenvalue weighted by Crippen LogP contribution is 2.30. The van der Waals surface area contributed by atoms with E-state index in [0.29, 0.717) is 37.7 Å². The summed E-state index contributed by atoms with van der Waals surface area (Å²) in [5.41, 5.74) is 3.64. The third-order valence-electron chi connectivity index (χ3n) is 6.97. The minimum Gasteiger partial charge on any atom is -0.378 e. The van der Waals surface area contributed by atoms with Crippen molar-refractivity contribution in [1.82, 2.24) is 25.3 Å². The molecule has 2 fully saturated rings. The molecule has 3 aromatic heterocycles. The largest absolute Gasteiger partial charge is 0.378 e. The summed E-state index contributed by atoms with van der Waals surface area (Å²) < 4.78 is 19.6. The molecule has 0 aliphatic carbocycles. The number of pyridine rings is 1. The van der Waals surface area contributed by atoms with E-state index in [0.717, 1.165) is 41.2 Å². The van der Waals surface area contributed by atoms with E-state index in [1.54, 1.807) is 24.5 Å². The summed E-state index contributed by atoms with van der Waals surface area (Å²) in [6.45, 7) is 7.33. The van der Waals surface area contributed by atoms with Gasteiger partial charge in [0.05, 0.1) is 24.6 Å². The Morgan fingerprint density at radius 2 is 1.83 bits per heavy atom. The van der Waals surface area contributed by atoms with Gasteiger partial charge in [0.2, 0.25) is 11.9 Å². The third kappa shape index (κ3) is 5.79. The fraction of sp³-hybridized carbons (Fsp3) is 0.250. The van der Waals surface area contributed by atoms with Crippen LogP contribution in [0.5, 0.6) is 0 Å². The van der Waals surface area contributed by atoms with Gasteiger partial charge < -0.3 is 30.2 Å². The number of aromatic amines is 1. The lowest BCUT2D eigenvalue weighted by atomic mass is 10.1. The zero-order valence-corrected chi connectivity index (χ0v) is 22.1. The van der Waals surface area contributed by atoms with Crippen LogP contribution >= 0.6 is 0 Å². The number of morpholine rings is 1. The van der Waals surface area contributed by atoms with Gasteiger partial charge in [-0.2, -0.15) is 4.39 Å². The molecule has 2 aliphatic rings. The number of hydrogen-bond acceptors (Lipinski definition) is 8. The first-order valence-electron chi connectivity index (χ1n) is 13.2. The summed E-state index contributed by atoms with van der Waals surface area (Å²) in [5, 5.41) is 9.05. The van der Waals surface area contributed by atoms with E-state index in [2.05, 4.69) is 47.4 Å². The summed E-state index contributed by atoms with van der Waals surface area (Å²) in [5.74, 6) is -0.0297. The quantitative estimate of drug-likeness (QED) is 0.201. The van der Waals surface area contributed by atoms with Crippen LogP contribution in [-0.4, -0.2) is 77.3 Å². The van der Waals surface area contributed by atoms with Gasteiger partial charge in [0.25, 0.3) is 0 Å². The van der Waals surface area contributed by atoms with Crippen molar-refractivity contribution in [1.29, 1.82) is 0 Å². The van der Waals surface area contributed by atoms with Crippen molar-refractivity contribution >= 4 is 46.0 Å². The molecule has 4 N–H and O–H groups in total. The highest BCUT2D eigenvalue weighted by Gasteiger charge is 2.28. The molecular formula is C28H28FN9O3. The number of carbonyl (C=O) groups is 2. The molecule has 5 heterocycles. The van der Waals surface area contributed by atoms with E-state index in [4.69, 9.17) is 4.74 Å². The van der Waals surface area contributed by atoms with Crippen molar-refractivity contribution in [3.63, 3.8) is 0 Å². The summed E-state index contributed by atoms with van der Waals surface area (Å²) in [4.78, 5) is 44.2. The predicted octanol–water partition coefficient (Wildman–Crippen LogP) is 3.13. The summed E-state index contributed by atoms with van der Waals surface area (Å²) in [6, 6.07) is 11.6. The zero-order valence-electron chi connectivity index (χ0n) is 22.1. The Bertz CT molecular complexity index is 1600. The number of amides is 3. The second-order valence-corrected chi connectivity index (χ2v) is 9.75. The zero-order chi connectivity index (χ0) is 28.3. The first-order valence-corrected chi connectivity index (χ1v) is 13.2. The Morgan fingerprint density at radius 3 is 2.59 bits per heavy atom. The van der Waals surface area contributed by atoms with Crippen molar-refractivity contribution in [3.8, 4) is 11.3 Å². The van der Waals surface area contributed by atoms with Crippen molar-refractivity contribution in [2.24, 2.45) is 0 Å². The van der Waals surface area contributed by atoms with Crippen LogP contribution in [0.3, 0.4) is 0 Å². The van der Waals surface area contributed by atoms with E-state index in [-0.39, 0.29) is 17.8 Å². The molecule has 0 radical (unpaired) electrons. The van der Waals surface area contributed by atoms with Gasteiger partial charge in [-0.1, -0.05) is 18.7 Å². The average molecular weight is 558 g/mol. The number of H-pyrrole nitrogens is 1. The van der Waals surface area contributed by atoms with Gasteiger partial charge in [0, 0.05) is 55.4 Å². The van der Waals surface area contributed by atoms with Crippen molar-refractivity contribution < 1.29 is 18.7 Å². The molecule has 4 aromatic rings. The Hall–Kier alpha value is -5.04. The number of fused-ring (bicyclic) bond motifs is 1. The molecule has 2 saturated heterocycles. The van der Waals surface area contributed by atoms with Gasteiger partial charge in [-0.25, -0.2) is 19.7 Å². The fourth-order valence-electron chi connectivity index (χ4n) is 4.89. The maximum absolute atomic E-state index is 14.2. The Labute approximate surface area is 234 Å². The van der Waals surface area contributed by atoms with Gasteiger partial charge in [0.15, 0.2) is 0 Å². The number of hydrogen-bond donors (Lipinski definition) is 4. The molecule has 0 saturated carbocycles. The van der Waals surface area contributed by atoms with Crippen molar-refractivity contribution in [3.05, 3.63) is 67.4 Å². The van der Waals surface area contributed by atoms with Gasteiger partial charge in [-0.3, -0.25) is 10.1 Å². The van der Waals surface area contributed by atoms with E-state index in [9.17, 15) is 14.0 Å². The second kappa shape index (κ2) is 11.2. The lowest BCUT2D eigenvalue weighted by Crippen LogP contribution is -2.59. The predicted molar refractivity (Wildman–Crippen MR) is 154 cm³/mol. The molecule has 210 valence electrons. The molecule has 41 heavy (non-hydrogen) atoms. The average Bonchev–Trinajstić information content (AvgIpc) is 3.39. The minimum absolute atomic E-state index is 0.0523. The number of carbonyl (C=O) groups excluding carboxylic acids is 2. The van der Waals surface area contributed by atoms with Gasteiger partial charge in [0.1, 0.15) is 23.6 Å². The first-order chi connectivity index (χ1) is 19.9. The monoisotopic (exact) mass is 557 g/mol. The van der Waals surface area contributed by atoms with Crippen molar-refractivity contribution in [2.45, 2.75) is 6.04 Å². The van der Waals surface area contributed by atoms with E-state index in [1.807, 2.05) is 23.1 Å². The second-order valence-electron chi connectivity index (χ2n) is 9.75. The Kier molecular flexibility index (Phi) is 7.17. The van der Waals surface area contributed by atoms with Crippen LogP contribution < -0.4 is 25.8 Å². The maximum atomic E-state index is 14.2. The molecule has 6 rings (SSSR count). The molecule has 0 bridgehead atoms. The third-order valence-corrected chi connectivity index (χ3v) is 6.97. The van der Waals surface area contributed by atoms with E-state index < -0.39 is 12.0 Å². The number of halogens is 1. The molecule has 1 aromatic carbocycles. The molecule has 13 heteroatoms. The van der Waals surface area contributed by atoms with Crippen LogP contribution in [0.2, 0.25) is 0 Å². The molecule has 0 unspecified atom stereocenters. The van der Waals surface area contributed by atoms with Gasteiger partial charge in [-0.05, 0) is 29.8 Å². The SMILES string of the molecule is C=CC(=O)NC1CN(c2cc(F)nc(NC(=O)Nc3ccc(-c4cc5c(N6CCOCC6)ncnc5[nH]4)cc3)c2)C1. The highest BCUT2D eigenvalue weighted by atomic mass is 19.1. The van der Waals surface area contributed by atoms with Crippen LogP contribution in [0, 0.1) is 5.95 Å². The standard InChI is InChI=1S/C28H28FN9O3/c1-2-25(39)32-19-14-38(15-19)20-11-23(29)35-24(12-20)36-28(40)33-18-5-3-17(4-6-18)22-13-21-26(34-22)30-16-31-27(21)37-7-9-41-10-8-37/h2-6,11-13,16,19H,1,7-10,14-15H2,(H,32,39)(H,30,31,34)(H2,33,35,36,40). The van der Waals surface area contributed by atoms with Gasteiger partial charge in [-0.15, -0.1) is 0 Å². The molecule has 12 nitrogen and oxygen atoms in total. The number of anilines is 4. The number of nitrogens with zero attached hydrogens (tertiary/aromatic N) is 5. The van der Waals surface area contributed by atoms with Crippen LogP contribution in [0.15, 0.2) is 61.4 Å². The molecule has 0 spiro atoms. The van der Waals surface area contributed by atoms with Gasteiger partial charge >= 0.3 is 6.03 Å².